The van der Waals surface area contributed by atoms with Gasteiger partial charge in [0.05, 0.1) is 12.6 Å². The smallest absolute Gasteiger partial charge is 0.0626 e. The van der Waals surface area contributed by atoms with Crippen molar-refractivity contribution in [2.45, 2.75) is 6.04 Å². The van der Waals surface area contributed by atoms with Crippen LogP contribution in [0.15, 0.2) is 24.3 Å². The average molecular weight is 194 g/mol. The first-order valence-corrected chi connectivity index (χ1v) is 4.74. The Hall–Kier alpha value is -1.06. The number of rotatable bonds is 4. The Labute approximate surface area is 85.4 Å². The molecule has 3 nitrogen and oxygen atoms in total. The van der Waals surface area contributed by atoms with Crippen LogP contribution in [0.1, 0.15) is 11.6 Å². The van der Waals surface area contributed by atoms with Crippen molar-refractivity contribution in [1.29, 1.82) is 0 Å². The Balaban J connectivity index is 2.81. The highest BCUT2D eigenvalue weighted by Gasteiger charge is 2.06. The standard InChI is InChI=1S/C11H18N2O/c1-12-11(8-14)9-4-6-10(7-5-9)13(2)3/h4-7,11-12,14H,8H2,1-3H3/t11-/m1/s1. The number of hydrogen-bond donors (Lipinski definition) is 2. The van der Waals surface area contributed by atoms with Crippen molar-refractivity contribution < 1.29 is 5.11 Å². The minimum absolute atomic E-state index is 0.0335. The molecule has 0 unspecified atom stereocenters. The van der Waals surface area contributed by atoms with Gasteiger partial charge >= 0.3 is 0 Å². The van der Waals surface area contributed by atoms with E-state index < -0.39 is 0 Å². The second kappa shape index (κ2) is 4.98. The van der Waals surface area contributed by atoms with Gasteiger partial charge in [0, 0.05) is 19.8 Å². The number of aliphatic hydroxyl groups is 1. The quantitative estimate of drug-likeness (QED) is 0.750. The molecule has 78 valence electrons. The molecule has 0 aromatic heterocycles. The second-order valence-electron chi connectivity index (χ2n) is 3.51. The van der Waals surface area contributed by atoms with Crippen LogP contribution in [0.3, 0.4) is 0 Å². The lowest BCUT2D eigenvalue weighted by molar-refractivity contribution is 0.251. The Bertz CT molecular complexity index is 265. The molecule has 0 fully saturated rings. The summed E-state index contributed by atoms with van der Waals surface area (Å²) in [6.45, 7) is 0.123. The Morgan fingerprint density at radius 2 is 1.86 bits per heavy atom. The SMILES string of the molecule is CN[C@H](CO)c1ccc(N(C)C)cc1. The Kier molecular flexibility index (Phi) is 3.92. The molecule has 1 rings (SSSR count). The van der Waals surface area contributed by atoms with Crippen molar-refractivity contribution in [3.8, 4) is 0 Å². The summed E-state index contributed by atoms with van der Waals surface area (Å²) in [5.74, 6) is 0. The van der Waals surface area contributed by atoms with Gasteiger partial charge in [-0.2, -0.15) is 0 Å². The summed E-state index contributed by atoms with van der Waals surface area (Å²) in [4.78, 5) is 2.05. The number of likely N-dealkylation sites (N-methyl/N-ethyl adjacent to an activating group) is 1. The van der Waals surface area contributed by atoms with Gasteiger partial charge in [0.25, 0.3) is 0 Å². The lowest BCUT2D eigenvalue weighted by Crippen LogP contribution is -2.20. The summed E-state index contributed by atoms with van der Waals surface area (Å²) in [6.07, 6.45) is 0. The van der Waals surface area contributed by atoms with E-state index in [4.69, 9.17) is 5.11 Å². The molecule has 1 atom stereocenters. The van der Waals surface area contributed by atoms with Gasteiger partial charge < -0.3 is 15.3 Å². The van der Waals surface area contributed by atoms with Crippen molar-refractivity contribution in [1.82, 2.24) is 5.32 Å². The molecule has 0 spiro atoms. The molecule has 0 saturated carbocycles. The molecule has 3 heteroatoms. The molecule has 1 aromatic carbocycles. The van der Waals surface area contributed by atoms with Crippen LogP contribution in [-0.2, 0) is 0 Å². The molecule has 2 N–H and O–H groups in total. The van der Waals surface area contributed by atoms with E-state index in [2.05, 4.69) is 22.3 Å². The van der Waals surface area contributed by atoms with Gasteiger partial charge in [-0.3, -0.25) is 0 Å². The highest BCUT2D eigenvalue weighted by atomic mass is 16.3. The van der Waals surface area contributed by atoms with Gasteiger partial charge in [-0.15, -0.1) is 0 Å². The zero-order valence-corrected chi connectivity index (χ0v) is 8.99. The maximum absolute atomic E-state index is 9.09. The van der Waals surface area contributed by atoms with Crippen LogP contribution in [0.4, 0.5) is 5.69 Å². The summed E-state index contributed by atoms with van der Waals surface area (Å²) in [5, 5.41) is 12.1. The lowest BCUT2D eigenvalue weighted by Gasteiger charge is -2.16. The molecular weight excluding hydrogens is 176 g/mol. The van der Waals surface area contributed by atoms with Crippen LogP contribution in [-0.4, -0.2) is 32.9 Å². The summed E-state index contributed by atoms with van der Waals surface area (Å²) >= 11 is 0. The number of benzene rings is 1. The predicted molar refractivity (Wildman–Crippen MR) is 59.7 cm³/mol. The average Bonchev–Trinajstić information content (AvgIpc) is 2.20. The summed E-state index contributed by atoms with van der Waals surface area (Å²) in [5.41, 5.74) is 2.28. The molecular formula is C11H18N2O. The first-order valence-electron chi connectivity index (χ1n) is 4.74. The third-order valence-corrected chi connectivity index (χ3v) is 2.34. The van der Waals surface area contributed by atoms with Gasteiger partial charge in [-0.05, 0) is 24.7 Å². The highest BCUT2D eigenvalue weighted by molar-refractivity contribution is 5.46. The summed E-state index contributed by atoms with van der Waals surface area (Å²) < 4.78 is 0. The number of aliphatic hydroxyl groups excluding tert-OH is 1. The van der Waals surface area contributed by atoms with E-state index in [1.807, 2.05) is 33.3 Å². The summed E-state index contributed by atoms with van der Waals surface area (Å²) in [7, 11) is 5.87. The van der Waals surface area contributed by atoms with Crippen molar-refractivity contribution in [2.24, 2.45) is 0 Å². The van der Waals surface area contributed by atoms with Crippen molar-refractivity contribution >= 4 is 5.69 Å². The Morgan fingerprint density at radius 1 is 1.29 bits per heavy atom. The maximum Gasteiger partial charge on any atom is 0.0626 e. The molecule has 0 aliphatic heterocycles. The molecule has 1 aromatic rings. The molecule has 0 amide bonds. The number of nitrogens with zero attached hydrogens (tertiary/aromatic N) is 1. The normalized spacial score (nSPS) is 12.6. The number of nitrogens with one attached hydrogen (secondary N) is 1. The summed E-state index contributed by atoms with van der Waals surface area (Å²) in [6, 6.07) is 8.20. The van der Waals surface area contributed by atoms with E-state index >= 15 is 0 Å². The molecule has 0 bridgehead atoms. The van der Waals surface area contributed by atoms with Crippen molar-refractivity contribution in [3.63, 3.8) is 0 Å². The van der Waals surface area contributed by atoms with Crippen molar-refractivity contribution in [2.75, 3.05) is 32.6 Å². The molecule has 0 heterocycles. The zero-order valence-electron chi connectivity index (χ0n) is 8.99. The van der Waals surface area contributed by atoms with Gasteiger partial charge in [0.1, 0.15) is 0 Å². The first kappa shape index (κ1) is 11.0. The van der Waals surface area contributed by atoms with E-state index in [-0.39, 0.29) is 12.6 Å². The van der Waals surface area contributed by atoms with Crippen molar-refractivity contribution in [3.05, 3.63) is 29.8 Å². The fourth-order valence-electron chi connectivity index (χ4n) is 1.37. The van der Waals surface area contributed by atoms with E-state index in [0.29, 0.717) is 0 Å². The van der Waals surface area contributed by atoms with Crippen LogP contribution < -0.4 is 10.2 Å². The lowest BCUT2D eigenvalue weighted by atomic mass is 10.1. The molecule has 0 aliphatic carbocycles. The minimum Gasteiger partial charge on any atom is -0.394 e. The minimum atomic E-state index is 0.0335. The van der Waals surface area contributed by atoms with E-state index in [1.165, 1.54) is 5.69 Å². The number of hydrogen-bond acceptors (Lipinski definition) is 3. The molecule has 14 heavy (non-hydrogen) atoms. The van der Waals surface area contributed by atoms with Crippen LogP contribution in [0, 0.1) is 0 Å². The highest BCUT2D eigenvalue weighted by Crippen LogP contribution is 2.17. The third-order valence-electron chi connectivity index (χ3n) is 2.34. The molecule has 0 radical (unpaired) electrons. The number of anilines is 1. The van der Waals surface area contributed by atoms with Gasteiger partial charge in [-0.25, -0.2) is 0 Å². The predicted octanol–water partition coefficient (Wildman–Crippen LogP) is 1.01. The van der Waals surface area contributed by atoms with Gasteiger partial charge in [-0.1, -0.05) is 12.1 Å². The molecule has 0 aliphatic rings. The monoisotopic (exact) mass is 194 g/mol. The first-order chi connectivity index (χ1) is 6.69. The van der Waals surface area contributed by atoms with Crippen LogP contribution in [0.5, 0.6) is 0 Å². The van der Waals surface area contributed by atoms with Crippen LogP contribution in [0.25, 0.3) is 0 Å². The van der Waals surface area contributed by atoms with Gasteiger partial charge in [0.15, 0.2) is 0 Å². The fourth-order valence-corrected chi connectivity index (χ4v) is 1.37. The van der Waals surface area contributed by atoms with E-state index in [9.17, 15) is 0 Å². The largest absolute Gasteiger partial charge is 0.394 e. The van der Waals surface area contributed by atoms with E-state index in [0.717, 1.165) is 5.56 Å². The topological polar surface area (TPSA) is 35.5 Å². The zero-order chi connectivity index (χ0) is 10.6. The van der Waals surface area contributed by atoms with Crippen LogP contribution in [0.2, 0.25) is 0 Å². The van der Waals surface area contributed by atoms with Gasteiger partial charge in [0.2, 0.25) is 0 Å². The second-order valence-corrected chi connectivity index (χ2v) is 3.51. The fraction of sp³-hybridized carbons (Fsp3) is 0.455. The third kappa shape index (κ3) is 2.47. The Morgan fingerprint density at radius 3 is 2.21 bits per heavy atom. The molecule has 0 saturated heterocycles. The maximum atomic E-state index is 9.09. The van der Waals surface area contributed by atoms with E-state index in [1.54, 1.807) is 0 Å². The van der Waals surface area contributed by atoms with Crippen LogP contribution >= 0.6 is 0 Å².